The number of hydrogen-bond acceptors (Lipinski definition) is 4. The molecule has 1 saturated heterocycles. The predicted molar refractivity (Wildman–Crippen MR) is 69.3 cm³/mol. The number of piperidine rings is 1. The van der Waals surface area contributed by atoms with Crippen LogP contribution < -0.4 is 10.1 Å². The fourth-order valence-electron chi connectivity index (χ4n) is 2.42. The van der Waals surface area contributed by atoms with Crippen LogP contribution in [-0.4, -0.2) is 32.5 Å². The van der Waals surface area contributed by atoms with Gasteiger partial charge in [-0.05, 0) is 43.0 Å². The number of benzene rings is 1. The van der Waals surface area contributed by atoms with Crippen LogP contribution in [0, 0.1) is 0 Å². The molecular weight excluding hydrogens is 287 g/mol. The van der Waals surface area contributed by atoms with Gasteiger partial charge in [-0.3, -0.25) is 0 Å². The van der Waals surface area contributed by atoms with Gasteiger partial charge in [-0.1, -0.05) is 6.07 Å². The molecule has 1 N–H and O–H groups in total. The van der Waals surface area contributed by atoms with Crippen LogP contribution >= 0.6 is 0 Å². The van der Waals surface area contributed by atoms with Gasteiger partial charge >= 0.3 is 12.3 Å². The molecule has 0 bridgehead atoms. The average molecular weight is 303 g/mol. The molecule has 21 heavy (non-hydrogen) atoms. The van der Waals surface area contributed by atoms with E-state index in [1.54, 1.807) is 6.07 Å². The maximum Gasteiger partial charge on any atom is 0.573 e. The Balaban J connectivity index is 2.33. The molecule has 0 spiro atoms. The van der Waals surface area contributed by atoms with Gasteiger partial charge in [0.05, 0.1) is 7.11 Å². The first kappa shape index (κ1) is 15.6. The fourth-order valence-corrected chi connectivity index (χ4v) is 2.42. The van der Waals surface area contributed by atoms with Gasteiger partial charge in [0.25, 0.3) is 0 Å². The molecule has 7 heteroatoms. The third kappa shape index (κ3) is 4.10. The van der Waals surface area contributed by atoms with E-state index in [4.69, 9.17) is 0 Å². The largest absolute Gasteiger partial charge is 0.573 e. The van der Waals surface area contributed by atoms with E-state index >= 15 is 0 Å². The summed E-state index contributed by atoms with van der Waals surface area (Å²) >= 11 is 0. The summed E-state index contributed by atoms with van der Waals surface area (Å²) in [6, 6.07) is 4.24. The zero-order valence-corrected chi connectivity index (χ0v) is 11.5. The van der Waals surface area contributed by atoms with Crippen molar-refractivity contribution in [3.05, 3.63) is 29.3 Å². The van der Waals surface area contributed by atoms with Crippen molar-refractivity contribution in [2.45, 2.75) is 25.1 Å². The minimum absolute atomic E-state index is 0.112. The van der Waals surface area contributed by atoms with E-state index in [9.17, 15) is 18.0 Å². The lowest BCUT2D eigenvalue weighted by atomic mass is 9.91. The van der Waals surface area contributed by atoms with Crippen LogP contribution in [0.1, 0.15) is 34.7 Å². The summed E-state index contributed by atoms with van der Waals surface area (Å²) in [5, 5.41) is 3.19. The van der Waals surface area contributed by atoms with E-state index < -0.39 is 18.1 Å². The average Bonchev–Trinajstić information content (AvgIpc) is 2.45. The first-order chi connectivity index (χ1) is 9.90. The molecule has 1 aromatic carbocycles. The van der Waals surface area contributed by atoms with Crippen molar-refractivity contribution in [1.29, 1.82) is 0 Å². The van der Waals surface area contributed by atoms with Gasteiger partial charge in [0.15, 0.2) is 0 Å². The first-order valence-electron chi connectivity index (χ1n) is 6.59. The summed E-state index contributed by atoms with van der Waals surface area (Å²) in [4.78, 5) is 11.5. The standard InChI is InChI=1S/C14H16F3NO3/c1-20-13(19)11-5-4-9(10-3-2-6-18-8-10)7-12(11)21-14(15,16)17/h4-5,7,10,18H,2-3,6,8H2,1H3. The van der Waals surface area contributed by atoms with Crippen molar-refractivity contribution < 1.29 is 27.4 Å². The van der Waals surface area contributed by atoms with Gasteiger partial charge in [0.1, 0.15) is 11.3 Å². The number of halogens is 3. The molecule has 1 aliphatic heterocycles. The van der Waals surface area contributed by atoms with Gasteiger partial charge in [-0.15, -0.1) is 13.2 Å². The molecule has 0 aromatic heterocycles. The normalized spacial score (nSPS) is 19.1. The molecule has 1 aliphatic rings. The van der Waals surface area contributed by atoms with Crippen molar-refractivity contribution in [2.24, 2.45) is 0 Å². The maximum absolute atomic E-state index is 12.5. The third-order valence-electron chi connectivity index (χ3n) is 3.40. The third-order valence-corrected chi connectivity index (χ3v) is 3.40. The second-order valence-electron chi connectivity index (χ2n) is 4.84. The van der Waals surface area contributed by atoms with E-state index in [-0.39, 0.29) is 11.5 Å². The maximum atomic E-state index is 12.5. The van der Waals surface area contributed by atoms with Gasteiger partial charge in [0.2, 0.25) is 0 Å². The quantitative estimate of drug-likeness (QED) is 0.872. The Morgan fingerprint density at radius 3 is 2.71 bits per heavy atom. The van der Waals surface area contributed by atoms with Crippen molar-refractivity contribution in [3.63, 3.8) is 0 Å². The molecule has 0 aliphatic carbocycles. The Bertz CT molecular complexity index is 511. The molecule has 116 valence electrons. The van der Waals surface area contributed by atoms with Crippen molar-refractivity contribution >= 4 is 5.97 Å². The lowest BCUT2D eigenvalue weighted by Gasteiger charge is -2.24. The highest BCUT2D eigenvalue weighted by Gasteiger charge is 2.33. The zero-order valence-electron chi connectivity index (χ0n) is 11.5. The lowest BCUT2D eigenvalue weighted by molar-refractivity contribution is -0.274. The molecule has 1 fully saturated rings. The van der Waals surface area contributed by atoms with Crippen molar-refractivity contribution in [1.82, 2.24) is 5.32 Å². The van der Waals surface area contributed by atoms with Gasteiger partial charge in [0, 0.05) is 6.54 Å². The van der Waals surface area contributed by atoms with Crippen LogP contribution in [0.15, 0.2) is 18.2 Å². The molecule has 1 atom stereocenters. The fraction of sp³-hybridized carbons (Fsp3) is 0.500. The number of ether oxygens (including phenoxy) is 2. The molecule has 1 heterocycles. The van der Waals surface area contributed by atoms with E-state index in [1.165, 1.54) is 12.1 Å². The van der Waals surface area contributed by atoms with Crippen LogP contribution in [0.2, 0.25) is 0 Å². The second kappa shape index (κ2) is 6.34. The zero-order chi connectivity index (χ0) is 15.5. The Kier molecular flexibility index (Phi) is 4.72. The lowest BCUT2D eigenvalue weighted by Crippen LogP contribution is -2.28. The summed E-state index contributed by atoms with van der Waals surface area (Å²) in [6.07, 6.45) is -3.01. The van der Waals surface area contributed by atoms with Crippen LogP contribution in [0.3, 0.4) is 0 Å². The summed E-state index contributed by atoms with van der Waals surface area (Å²) in [5.74, 6) is -1.26. The predicted octanol–water partition coefficient (Wildman–Crippen LogP) is 2.84. The Morgan fingerprint density at radius 2 is 2.14 bits per heavy atom. The number of methoxy groups -OCH3 is 1. The highest BCUT2D eigenvalue weighted by molar-refractivity contribution is 5.92. The minimum atomic E-state index is -4.85. The van der Waals surface area contributed by atoms with Crippen LogP contribution in [0.5, 0.6) is 5.75 Å². The van der Waals surface area contributed by atoms with Gasteiger partial charge in [-0.2, -0.15) is 0 Å². The Hall–Kier alpha value is -1.76. The van der Waals surface area contributed by atoms with E-state index in [0.29, 0.717) is 12.1 Å². The number of carbonyl (C=O) groups excluding carboxylic acids is 1. The number of carbonyl (C=O) groups is 1. The summed E-state index contributed by atoms with van der Waals surface area (Å²) < 4.78 is 45.9. The first-order valence-corrected chi connectivity index (χ1v) is 6.59. The summed E-state index contributed by atoms with van der Waals surface area (Å²) in [7, 11) is 1.11. The smallest absolute Gasteiger partial charge is 0.465 e. The molecule has 0 saturated carbocycles. The highest BCUT2D eigenvalue weighted by Crippen LogP contribution is 2.32. The number of rotatable bonds is 3. The summed E-state index contributed by atoms with van der Waals surface area (Å²) in [6.45, 7) is 1.60. The van der Waals surface area contributed by atoms with Gasteiger partial charge < -0.3 is 14.8 Å². The number of alkyl halides is 3. The Morgan fingerprint density at radius 1 is 1.38 bits per heavy atom. The van der Waals surface area contributed by atoms with Crippen molar-refractivity contribution in [2.75, 3.05) is 20.2 Å². The van der Waals surface area contributed by atoms with Crippen LogP contribution in [0.4, 0.5) is 13.2 Å². The molecule has 0 radical (unpaired) electrons. The topological polar surface area (TPSA) is 47.6 Å². The monoisotopic (exact) mass is 303 g/mol. The Labute approximate surface area is 120 Å². The van der Waals surface area contributed by atoms with E-state index in [1.807, 2.05) is 0 Å². The number of hydrogen-bond donors (Lipinski definition) is 1. The number of nitrogens with one attached hydrogen (secondary N) is 1. The molecule has 1 aromatic rings. The SMILES string of the molecule is COC(=O)c1ccc(C2CCCNC2)cc1OC(F)(F)F. The van der Waals surface area contributed by atoms with Gasteiger partial charge in [-0.25, -0.2) is 4.79 Å². The number of esters is 1. The van der Waals surface area contributed by atoms with E-state index in [2.05, 4.69) is 14.8 Å². The molecule has 4 nitrogen and oxygen atoms in total. The summed E-state index contributed by atoms with van der Waals surface area (Å²) in [5.41, 5.74) is 0.483. The van der Waals surface area contributed by atoms with Crippen LogP contribution in [-0.2, 0) is 4.74 Å². The molecular formula is C14H16F3NO3. The molecule has 2 rings (SSSR count). The van der Waals surface area contributed by atoms with Crippen molar-refractivity contribution in [3.8, 4) is 5.75 Å². The molecule has 0 amide bonds. The molecule has 1 unspecified atom stereocenters. The van der Waals surface area contributed by atoms with Crippen LogP contribution in [0.25, 0.3) is 0 Å². The minimum Gasteiger partial charge on any atom is -0.465 e. The second-order valence-corrected chi connectivity index (χ2v) is 4.84. The highest BCUT2D eigenvalue weighted by atomic mass is 19.4. The van der Waals surface area contributed by atoms with E-state index in [0.717, 1.165) is 26.5 Å².